The number of benzene rings is 1. The van der Waals surface area contributed by atoms with E-state index in [0.717, 1.165) is 5.56 Å². The summed E-state index contributed by atoms with van der Waals surface area (Å²) >= 11 is 0. The average molecular weight is 332 g/mol. The molecule has 1 N–H and O–H groups in total. The van der Waals surface area contributed by atoms with Crippen molar-refractivity contribution in [3.63, 3.8) is 0 Å². The van der Waals surface area contributed by atoms with Crippen molar-refractivity contribution in [1.29, 1.82) is 0 Å². The van der Waals surface area contributed by atoms with Crippen LogP contribution in [0.2, 0.25) is 0 Å². The van der Waals surface area contributed by atoms with E-state index in [9.17, 15) is 14.0 Å². The maximum atomic E-state index is 13.5. The van der Waals surface area contributed by atoms with Crippen LogP contribution in [0.3, 0.4) is 0 Å². The van der Waals surface area contributed by atoms with Crippen molar-refractivity contribution >= 4 is 24.3 Å². The number of likely N-dealkylation sites (tertiary alicyclic amines) is 1. The molecule has 7 heteroatoms. The standard InChI is InChI=1S/C15H18FNO4.ClH/c1-21-13-4-2-10(8-12(13)16)3-5-14(18)17-7-6-11(9-17)15(19)20;/h2,4,8,11H,3,5-7,9H2,1H3,(H,19,20);1H. The number of carboxylic acids is 1. The molecule has 1 aromatic carbocycles. The van der Waals surface area contributed by atoms with E-state index in [1.807, 2.05) is 0 Å². The zero-order chi connectivity index (χ0) is 15.4. The molecule has 1 aliphatic rings. The minimum atomic E-state index is -0.859. The molecule has 1 saturated heterocycles. The smallest absolute Gasteiger partial charge is 0.308 e. The number of carbonyl (C=O) groups is 2. The van der Waals surface area contributed by atoms with Gasteiger partial charge in [-0.15, -0.1) is 12.4 Å². The van der Waals surface area contributed by atoms with Gasteiger partial charge in [0.1, 0.15) is 0 Å². The highest BCUT2D eigenvalue weighted by atomic mass is 35.5. The van der Waals surface area contributed by atoms with E-state index in [1.54, 1.807) is 11.0 Å². The molecule has 1 amide bonds. The van der Waals surface area contributed by atoms with Gasteiger partial charge in [0.2, 0.25) is 5.91 Å². The topological polar surface area (TPSA) is 66.8 Å². The van der Waals surface area contributed by atoms with Gasteiger partial charge in [-0.2, -0.15) is 0 Å². The number of carbonyl (C=O) groups excluding carboxylic acids is 1. The number of hydrogen-bond acceptors (Lipinski definition) is 3. The molecule has 0 bridgehead atoms. The Labute approximate surface area is 134 Å². The number of hydrogen-bond donors (Lipinski definition) is 1. The molecule has 1 aromatic rings. The Morgan fingerprint density at radius 3 is 2.73 bits per heavy atom. The first-order chi connectivity index (χ1) is 10.0. The predicted molar refractivity (Wildman–Crippen MR) is 80.8 cm³/mol. The summed E-state index contributed by atoms with van der Waals surface area (Å²) in [6.45, 7) is 0.748. The van der Waals surface area contributed by atoms with Crippen LogP contribution < -0.4 is 4.74 Å². The van der Waals surface area contributed by atoms with Crippen LogP contribution in [0, 0.1) is 11.7 Å². The van der Waals surface area contributed by atoms with Crippen LogP contribution in [0.1, 0.15) is 18.4 Å². The van der Waals surface area contributed by atoms with Gasteiger partial charge in [-0.25, -0.2) is 4.39 Å². The van der Waals surface area contributed by atoms with Gasteiger partial charge in [0.25, 0.3) is 0 Å². The molecule has 1 unspecified atom stereocenters. The zero-order valence-corrected chi connectivity index (χ0v) is 13.1. The fourth-order valence-electron chi connectivity index (χ4n) is 2.46. The summed E-state index contributed by atoms with van der Waals surface area (Å²) in [7, 11) is 1.40. The summed E-state index contributed by atoms with van der Waals surface area (Å²) in [5.74, 6) is -1.69. The van der Waals surface area contributed by atoms with Gasteiger partial charge < -0.3 is 14.7 Å². The number of aryl methyl sites for hydroxylation is 1. The molecule has 2 rings (SSSR count). The van der Waals surface area contributed by atoms with Gasteiger partial charge in [0.05, 0.1) is 13.0 Å². The number of aliphatic carboxylic acids is 1. The molecule has 0 radical (unpaired) electrons. The number of carboxylic acid groups (broad SMARTS) is 1. The molecule has 1 atom stereocenters. The molecule has 0 spiro atoms. The second kappa shape index (κ2) is 7.98. The van der Waals surface area contributed by atoms with Gasteiger partial charge in [-0.05, 0) is 30.5 Å². The molecular weight excluding hydrogens is 313 g/mol. The Balaban J connectivity index is 0.00000242. The van der Waals surface area contributed by atoms with E-state index in [-0.39, 0.29) is 37.0 Å². The monoisotopic (exact) mass is 331 g/mol. The molecule has 5 nitrogen and oxygen atoms in total. The normalized spacial score (nSPS) is 17.0. The second-order valence-corrected chi connectivity index (χ2v) is 5.13. The lowest BCUT2D eigenvalue weighted by Crippen LogP contribution is -2.30. The summed E-state index contributed by atoms with van der Waals surface area (Å²) in [5, 5.41) is 8.91. The number of nitrogens with zero attached hydrogens (tertiary/aromatic N) is 1. The first-order valence-electron chi connectivity index (χ1n) is 6.84. The van der Waals surface area contributed by atoms with Gasteiger partial charge in [-0.3, -0.25) is 9.59 Å². The first kappa shape index (κ1) is 18.2. The summed E-state index contributed by atoms with van der Waals surface area (Å²) in [4.78, 5) is 24.4. The molecule has 0 aromatic heterocycles. The van der Waals surface area contributed by atoms with Crippen molar-refractivity contribution in [2.24, 2.45) is 5.92 Å². The Kier molecular flexibility index (Phi) is 6.61. The third-order valence-electron chi connectivity index (χ3n) is 3.73. The van der Waals surface area contributed by atoms with Crippen LogP contribution in [0.25, 0.3) is 0 Å². The minimum Gasteiger partial charge on any atom is -0.494 e. The Hall–Kier alpha value is -1.82. The van der Waals surface area contributed by atoms with Gasteiger partial charge in [0.15, 0.2) is 11.6 Å². The van der Waals surface area contributed by atoms with E-state index in [1.165, 1.54) is 19.2 Å². The largest absolute Gasteiger partial charge is 0.494 e. The molecule has 0 aliphatic carbocycles. The Morgan fingerprint density at radius 1 is 1.45 bits per heavy atom. The van der Waals surface area contributed by atoms with Crippen molar-refractivity contribution in [2.75, 3.05) is 20.2 Å². The number of methoxy groups -OCH3 is 1. The third kappa shape index (κ3) is 4.34. The Bertz CT molecular complexity index is 552. The highest BCUT2D eigenvalue weighted by Gasteiger charge is 2.30. The maximum absolute atomic E-state index is 13.5. The summed E-state index contributed by atoms with van der Waals surface area (Å²) in [6, 6.07) is 4.61. The summed E-state index contributed by atoms with van der Waals surface area (Å²) < 4.78 is 18.4. The van der Waals surface area contributed by atoms with Crippen LogP contribution in [-0.4, -0.2) is 42.1 Å². The maximum Gasteiger partial charge on any atom is 0.308 e. The molecule has 0 saturated carbocycles. The number of halogens is 2. The predicted octanol–water partition coefficient (Wildman–Crippen LogP) is 2.12. The van der Waals surface area contributed by atoms with Crippen LogP contribution in [0.15, 0.2) is 18.2 Å². The van der Waals surface area contributed by atoms with Gasteiger partial charge in [0, 0.05) is 19.5 Å². The van der Waals surface area contributed by atoms with Crippen LogP contribution in [0.4, 0.5) is 4.39 Å². The Morgan fingerprint density at radius 2 is 2.18 bits per heavy atom. The number of amides is 1. The molecule has 22 heavy (non-hydrogen) atoms. The van der Waals surface area contributed by atoms with E-state index in [4.69, 9.17) is 9.84 Å². The molecular formula is C15H19ClFNO4. The van der Waals surface area contributed by atoms with E-state index >= 15 is 0 Å². The first-order valence-corrected chi connectivity index (χ1v) is 6.84. The van der Waals surface area contributed by atoms with E-state index in [0.29, 0.717) is 19.4 Å². The quantitative estimate of drug-likeness (QED) is 0.897. The lowest BCUT2D eigenvalue weighted by Gasteiger charge is -2.15. The average Bonchev–Trinajstić information content (AvgIpc) is 2.95. The SMILES string of the molecule is COc1ccc(CCC(=O)N2CCC(C(=O)O)C2)cc1F.Cl. The highest BCUT2D eigenvalue weighted by Crippen LogP contribution is 2.20. The van der Waals surface area contributed by atoms with Crippen LogP contribution >= 0.6 is 12.4 Å². The number of ether oxygens (including phenoxy) is 1. The van der Waals surface area contributed by atoms with E-state index in [2.05, 4.69) is 0 Å². The summed E-state index contributed by atoms with van der Waals surface area (Å²) in [6.07, 6.45) is 1.17. The number of rotatable bonds is 5. The summed E-state index contributed by atoms with van der Waals surface area (Å²) in [5.41, 5.74) is 0.718. The molecule has 1 fully saturated rings. The van der Waals surface area contributed by atoms with Crippen molar-refractivity contribution in [2.45, 2.75) is 19.3 Å². The van der Waals surface area contributed by atoms with Crippen molar-refractivity contribution in [1.82, 2.24) is 4.90 Å². The third-order valence-corrected chi connectivity index (χ3v) is 3.73. The van der Waals surface area contributed by atoms with Gasteiger partial charge in [-0.1, -0.05) is 6.07 Å². The van der Waals surface area contributed by atoms with E-state index < -0.39 is 17.7 Å². The van der Waals surface area contributed by atoms with Gasteiger partial charge >= 0.3 is 5.97 Å². The fourth-order valence-corrected chi connectivity index (χ4v) is 2.46. The van der Waals surface area contributed by atoms with Crippen molar-refractivity contribution in [3.05, 3.63) is 29.6 Å². The van der Waals surface area contributed by atoms with Crippen LogP contribution in [0.5, 0.6) is 5.75 Å². The minimum absolute atomic E-state index is 0. The lowest BCUT2D eigenvalue weighted by molar-refractivity contribution is -0.141. The second-order valence-electron chi connectivity index (χ2n) is 5.13. The lowest BCUT2D eigenvalue weighted by atomic mass is 10.1. The zero-order valence-electron chi connectivity index (χ0n) is 12.3. The fraction of sp³-hybridized carbons (Fsp3) is 0.467. The molecule has 1 aliphatic heterocycles. The van der Waals surface area contributed by atoms with Crippen LogP contribution in [-0.2, 0) is 16.0 Å². The molecule has 1 heterocycles. The van der Waals surface area contributed by atoms with Crippen molar-refractivity contribution in [3.8, 4) is 5.75 Å². The molecule has 122 valence electrons. The highest BCUT2D eigenvalue weighted by molar-refractivity contribution is 5.85. The van der Waals surface area contributed by atoms with Crippen molar-refractivity contribution < 1.29 is 23.8 Å².